The van der Waals surface area contributed by atoms with E-state index in [1.165, 1.54) is 5.56 Å². The highest BCUT2D eigenvalue weighted by Crippen LogP contribution is 2.34. The molecule has 1 aliphatic carbocycles. The quantitative estimate of drug-likeness (QED) is 0.745. The molecular formula is C19H19N5O. The molecule has 126 valence electrons. The maximum atomic E-state index is 9.59. The second-order valence-corrected chi connectivity index (χ2v) is 6.84. The lowest BCUT2D eigenvalue weighted by Gasteiger charge is -2.36. The summed E-state index contributed by atoms with van der Waals surface area (Å²) in [5.74, 6) is 1.28. The number of aryl methyl sites for hydroxylation is 1. The van der Waals surface area contributed by atoms with Crippen molar-refractivity contribution in [3.8, 4) is 11.3 Å². The van der Waals surface area contributed by atoms with Crippen molar-refractivity contribution in [2.45, 2.75) is 25.4 Å². The normalized spacial score (nSPS) is 16.9. The van der Waals surface area contributed by atoms with Crippen molar-refractivity contribution in [3.63, 3.8) is 0 Å². The van der Waals surface area contributed by atoms with E-state index >= 15 is 0 Å². The molecule has 3 heterocycles. The van der Waals surface area contributed by atoms with Gasteiger partial charge in [0.1, 0.15) is 5.82 Å². The fraction of sp³-hybridized carbons (Fsp3) is 0.316. The molecule has 2 aromatic heterocycles. The summed E-state index contributed by atoms with van der Waals surface area (Å²) in [6.45, 7) is 1.22. The number of rotatable bonds is 2. The van der Waals surface area contributed by atoms with E-state index in [-0.39, 0.29) is 6.10 Å². The van der Waals surface area contributed by atoms with Gasteiger partial charge in [-0.15, -0.1) is 0 Å². The number of fused-ring (bicyclic) bond motifs is 2. The summed E-state index contributed by atoms with van der Waals surface area (Å²) in [6.07, 6.45) is 4.60. The van der Waals surface area contributed by atoms with Crippen LogP contribution >= 0.6 is 0 Å². The van der Waals surface area contributed by atoms with Gasteiger partial charge in [-0.1, -0.05) is 12.1 Å². The number of hydrogen-bond acceptors (Lipinski definition) is 6. The molecule has 6 heteroatoms. The molecule has 0 spiro atoms. The van der Waals surface area contributed by atoms with Crippen molar-refractivity contribution in [1.29, 1.82) is 0 Å². The van der Waals surface area contributed by atoms with E-state index in [9.17, 15) is 5.11 Å². The van der Waals surface area contributed by atoms with Gasteiger partial charge in [0.05, 0.1) is 11.8 Å². The van der Waals surface area contributed by atoms with Crippen molar-refractivity contribution in [2.24, 2.45) is 0 Å². The average molecular weight is 333 g/mol. The minimum absolute atomic E-state index is 0.267. The van der Waals surface area contributed by atoms with Crippen molar-refractivity contribution >= 4 is 22.5 Å². The van der Waals surface area contributed by atoms with E-state index in [1.54, 1.807) is 6.20 Å². The SMILES string of the molecule is Nc1nccc2cc(-c3nc(N4CC(O)C4)nc4c3CCC4)ccc12. The number of nitrogens with zero attached hydrogens (tertiary/aromatic N) is 4. The molecule has 5 rings (SSSR count). The number of anilines is 2. The number of aromatic nitrogens is 3. The fourth-order valence-corrected chi connectivity index (χ4v) is 3.77. The fourth-order valence-electron chi connectivity index (χ4n) is 3.77. The van der Waals surface area contributed by atoms with Gasteiger partial charge in [0.15, 0.2) is 0 Å². The van der Waals surface area contributed by atoms with Gasteiger partial charge >= 0.3 is 0 Å². The summed E-state index contributed by atoms with van der Waals surface area (Å²) in [4.78, 5) is 15.8. The van der Waals surface area contributed by atoms with Gasteiger partial charge < -0.3 is 15.7 Å². The summed E-state index contributed by atoms with van der Waals surface area (Å²) in [6, 6.07) is 8.19. The van der Waals surface area contributed by atoms with Gasteiger partial charge in [-0.05, 0) is 36.8 Å². The Morgan fingerprint density at radius 1 is 1.12 bits per heavy atom. The number of aliphatic hydroxyl groups is 1. The molecule has 0 unspecified atom stereocenters. The lowest BCUT2D eigenvalue weighted by molar-refractivity contribution is 0.140. The smallest absolute Gasteiger partial charge is 0.226 e. The minimum atomic E-state index is -0.267. The molecule has 0 bridgehead atoms. The van der Waals surface area contributed by atoms with E-state index in [2.05, 4.69) is 17.1 Å². The third kappa shape index (κ3) is 2.33. The van der Waals surface area contributed by atoms with Crippen LogP contribution in [0, 0.1) is 0 Å². The van der Waals surface area contributed by atoms with Crippen molar-refractivity contribution < 1.29 is 5.11 Å². The van der Waals surface area contributed by atoms with Gasteiger partial charge in [-0.3, -0.25) is 0 Å². The van der Waals surface area contributed by atoms with Crippen molar-refractivity contribution in [3.05, 3.63) is 41.7 Å². The number of aliphatic hydroxyl groups excluding tert-OH is 1. The Morgan fingerprint density at radius 2 is 2.00 bits per heavy atom. The van der Waals surface area contributed by atoms with Crippen molar-refractivity contribution in [2.75, 3.05) is 23.7 Å². The highest BCUT2D eigenvalue weighted by molar-refractivity contribution is 5.93. The molecule has 1 fully saturated rings. The lowest BCUT2D eigenvalue weighted by Crippen LogP contribution is -2.51. The van der Waals surface area contributed by atoms with Gasteiger partial charge in [-0.25, -0.2) is 15.0 Å². The standard InChI is InChI=1S/C19H19N5O/c20-18-14-5-4-12(8-11(14)6-7-21-18)17-15-2-1-3-16(15)22-19(23-17)24-9-13(25)10-24/h4-8,13,25H,1-3,9-10H2,(H2,20,21). The monoisotopic (exact) mass is 333 g/mol. The Kier molecular flexibility index (Phi) is 3.15. The van der Waals surface area contributed by atoms with Crippen LogP contribution in [0.5, 0.6) is 0 Å². The zero-order valence-corrected chi connectivity index (χ0v) is 13.8. The first-order valence-electron chi connectivity index (χ1n) is 8.66. The zero-order valence-electron chi connectivity index (χ0n) is 13.8. The Morgan fingerprint density at radius 3 is 2.84 bits per heavy atom. The molecule has 1 saturated heterocycles. The predicted molar refractivity (Wildman–Crippen MR) is 97.4 cm³/mol. The summed E-state index contributed by atoms with van der Waals surface area (Å²) in [5, 5.41) is 11.6. The Labute approximate surface area is 145 Å². The van der Waals surface area contributed by atoms with Crippen LogP contribution in [0.25, 0.3) is 22.0 Å². The molecule has 25 heavy (non-hydrogen) atoms. The largest absolute Gasteiger partial charge is 0.389 e. The average Bonchev–Trinajstić information content (AvgIpc) is 3.06. The van der Waals surface area contributed by atoms with Crippen LogP contribution < -0.4 is 10.6 Å². The van der Waals surface area contributed by atoms with Gasteiger partial charge in [0.2, 0.25) is 5.95 Å². The Bertz CT molecular complexity index is 981. The van der Waals surface area contributed by atoms with Crippen LogP contribution in [0.3, 0.4) is 0 Å². The molecule has 6 nitrogen and oxygen atoms in total. The summed E-state index contributed by atoms with van der Waals surface area (Å²) < 4.78 is 0. The third-order valence-corrected chi connectivity index (χ3v) is 5.14. The second kappa shape index (κ2) is 5.39. The highest BCUT2D eigenvalue weighted by atomic mass is 16.3. The van der Waals surface area contributed by atoms with Crippen LogP contribution in [0.1, 0.15) is 17.7 Å². The number of nitrogens with two attached hydrogens (primary N) is 1. The molecule has 3 aromatic rings. The van der Waals surface area contributed by atoms with E-state index in [1.807, 2.05) is 17.0 Å². The first-order valence-corrected chi connectivity index (χ1v) is 8.66. The molecule has 2 aliphatic rings. The molecule has 1 aliphatic heterocycles. The van der Waals surface area contributed by atoms with Gasteiger partial charge in [0, 0.05) is 41.5 Å². The van der Waals surface area contributed by atoms with E-state index in [0.29, 0.717) is 18.9 Å². The highest BCUT2D eigenvalue weighted by Gasteiger charge is 2.29. The first kappa shape index (κ1) is 14.6. The van der Waals surface area contributed by atoms with Crippen LogP contribution in [0.4, 0.5) is 11.8 Å². The topological polar surface area (TPSA) is 88.2 Å². The van der Waals surface area contributed by atoms with Crippen LogP contribution in [0.2, 0.25) is 0 Å². The molecule has 0 radical (unpaired) electrons. The Hall–Kier alpha value is -2.73. The molecule has 0 atom stereocenters. The van der Waals surface area contributed by atoms with E-state index in [4.69, 9.17) is 15.7 Å². The molecule has 3 N–H and O–H groups in total. The number of benzene rings is 1. The molecule has 0 amide bonds. The first-order chi connectivity index (χ1) is 12.2. The maximum absolute atomic E-state index is 9.59. The number of nitrogen functional groups attached to an aromatic ring is 1. The van der Waals surface area contributed by atoms with Gasteiger partial charge in [-0.2, -0.15) is 0 Å². The second-order valence-electron chi connectivity index (χ2n) is 6.84. The molecule has 1 aromatic carbocycles. The lowest BCUT2D eigenvalue weighted by atomic mass is 10.0. The Balaban J connectivity index is 1.65. The van der Waals surface area contributed by atoms with Crippen LogP contribution in [-0.2, 0) is 12.8 Å². The summed E-state index contributed by atoms with van der Waals surface area (Å²) in [5.41, 5.74) is 10.5. The predicted octanol–water partition coefficient (Wildman–Crippen LogP) is 1.94. The minimum Gasteiger partial charge on any atom is -0.389 e. The summed E-state index contributed by atoms with van der Waals surface area (Å²) in [7, 11) is 0. The number of hydrogen-bond donors (Lipinski definition) is 2. The van der Waals surface area contributed by atoms with Crippen molar-refractivity contribution in [1.82, 2.24) is 15.0 Å². The molecular weight excluding hydrogens is 314 g/mol. The summed E-state index contributed by atoms with van der Waals surface area (Å²) >= 11 is 0. The van der Waals surface area contributed by atoms with Gasteiger partial charge in [0.25, 0.3) is 0 Å². The number of β-amino-alcohol motifs (C(OH)–C–C–N with tert-alkyl or cyclic N) is 1. The molecule has 0 saturated carbocycles. The van der Waals surface area contributed by atoms with Crippen LogP contribution in [0.15, 0.2) is 30.5 Å². The van der Waals surface area contributed by atoms with E-state index < -0.39 is 0 Å². The van der Waals surface area contributed by atoms with Crippen LogP contribution in [-0.4, -0.2) is 39.3 Å². The van der Waals surface area contributed by atoms with E-state index in [0.717, 1.165) is 52.9 Å². The maximum Gasteiger partial charge on any atom is 0.226 e. The zero-order chi connectivity index (χ0) is 17.0. The third-order valence-electron chi connectivity index (χ3n) is 5.14. The number of pyridine rings is 1.